The minimum Gasteiger partial charge on any atom is -0.876 e. The number of allylic oxidation sites excluding steroid dienone is 4. The zero-order valence-electron chi connectivity index (χ0n) is 13.5. The maximum absolute atomic E-state index is 9.98. The molecule has 0 aromatic heterocycles. The first-order valence-electron chi connectivity index (χ1n) is 6.00. The summed E-state index contributed by atoms with van der Waals surface area (Å²) in [6.45, 7) is 6.42. The van der Waals surface area contributed by atoms with E-state index in [9.17, 15) is 19.8 Å². The zero-order chi connectivity index (χ0) is 16.7. The van der Waals surface area contributed by atoms with E-state index in [4.69, 9.17) is 5.11 Å². The third kappa shape index (κ3) is 55.1. The summed E-state index contributed by atoms with van der Waals surface area (Å²) in [4.78, 5) is 21.9. The molecule has 0 aromatic carbocycles. The van der Waals surface area contributed by atoms with Gasteiger partial charge in [0.1, 0.15) is 0 Å². The predicted molar refractivity (Wildman–Crippen MR) is 74.5 cm³/mol. The van der Waals surface area contributed by atoms with Crippen molar-refractivity contribution in [3.8, 4) is 0 Å². The third-order valence-corrected chi connectivity index (χ3v) is 1.36. The maximum atomic E-state index is 9.98. The van der Waals surface area contributed by atoms with Crippen molar-refractivity contribution >= 4 is 11.6 Å². The fraction of sp³-hybridized carbons (Fsp3) is 0.571. The Bertz CT molecular complexity index is 302. The summed E-state index contributed by atoms with van der Waals surface area (Å²) in [6, 6.07) is 0. The van der Waals surface area contributed by atoms with Crippen molar-refractivity contribution in [3.05, 3.63) is 23.7 Å². The molecule has 0 saturated heterocycles. The number of aliphatic hydroxyl groups excluding tert-OH is 1. The number of carbonyl (C=O) groups excluding carboxylic acids is 2. The molecule has 0 saturated carbocycles. The second-order valence-electron chi connectivity index (χ2n) is 4.26. The van der Waals surface area contributed by atoms with E-state index >= 15 is 0 Å². The van der Waals surface area contributed by atoms with Gasteiger partial charge in [-0.1, -0.05) is 13.8 Å². The molecule has 7 heteroatoms. The van der Waals surface area contributed by atoms with Crippen LogP contribution >= 0.6 is 0 Å². The van der Waals surface area contributed by atoms with E-state index in [1.807, 2.05) is 19.0 Å². The van der Waals surface area contributed by atoms with Gasteiger partial charge >= 0.3 is 17.1 Å². The summed E-state index contributed by atoms with van der Waals surface area (Å²) < 4.78 is 0. The summed E-state index contributed by atoms with van der Waals surface area (Å²) in [5.41, 5.74) is 0. The number of hydrogen-bond donors (Lipinski definition) is 1. The van der Waals surface area contributed by atoms with Gasteiger partial charge in [-0.05, 0) is 40.1 Å². The number of hydrogen-bond acceptors (Lipinski definition) is 6. The van der Waals surface area contributed by atoms with E-state index in [1.54, 1.807) is 0 Å². The van der Waals surface area contributed by atoms with Crippen LogP contribution in [0.5, 0.6) is 0 Å². The Kier molecular flexibility index (Phi) is 25.2. The Hall–Kier alpha value is -1.14. The van der Waals surface area contributed by atoms with Crippen molar-refractivity contribution in [2.24, 2.45) is 0 Å². The standard InChI is InChI=1S/2C5H8O2.C4H11NO.Mn/c2*1-4(6)3-5(2)7;1-5(2)3-4-6;/h2*3,6H,1-2H3;6H,3-4H2,1-2H3;/q;;;+3/p-2/b2*4-3-;;. The van der Waals surface area contributed by atoms with Gasteiger partial charge in [0.15, 0.2) is 11.6 Å². The summed E-state index contributed by atoms with van der Waals surface area (Å²) in [5.74, 6) is -0.750. The van der Waals surface area contributed by atoms with Crippen LogP contribution in [-0.2, 0) is 26.7 Å². The van der Waals surface area contributed by atoms with Gasteiger partial charge in [-0.3, -0.25) is 9.59 Å². The fourth-order valence-electron chi connectivity index (χ4n) is 0.772. The predicted octanol–water partition coefficient (Wildman–Crippen LogP) is -0.783. The molecule has 0 aliphatic carbocycles. The minimum absolute atomic E-state index is 0. The molecule has 21 heavy (non-hydrogen) atoms. The molecule has 0 atom stereocenters. The van der Waals surface area contributed by atoms with Crippen LogP contribution in [0.2, 0.25) is 0 Å². The van der Waals surface area contributed by atoms with Crippen LogP contribution in [0.4, 0.5) is 0 Å². The Balaban J connectivity index is -0.000000101. The first kappa shape index (κ1) is 28.1. The quantitative estimate of drug-likeness (QED) is 0.408. The van der Waals surface area contributed by atoms with E-state index in [2.05, 4.69) is 0 Å². The smallest absolute Gasteiger partial charge is 0.876 e. The minimum atomic E-state index is -0.187. The Morgan fingerprint density at radius 1 is 0.952 bits per heavy atom. The first-order valence-corrected chi connectivity index (χ1v) is 6.00. The molecule has 0 aliphatic heterocycles. The normalized spacial score (nSPS) is 10.5. The molecule has 0 heterocycles. The van der Waals surface area contributed by atoms with Crippen molar-refractivity contribution in [3.63, 3.8) is 0 Å². The van der Waals surface area contributed by atoms with Crippen molar-refractivity contribution in [1.82, 2.24) is 4.90 Å². The van der Waals surface area contributed by atoms with Crippen LogP contribution in [0.25, 0.3) is 0 Å². The van der Waals surface area contributed by atoms with Gasteiger partial charge in [-0.15, -0.1) is 11.5 Å². The number of nitrogens with zero attached hydrogens (tertiary/aromatic N) is 1. The number of rotatable bonds is 4. The zero-order valence-corrected chi connectivity index (χ0v) is 14.7. The summed E-state index contributed by atoms with van der Waals surface area (Å²) >= 11 is 0. The average Bonchev–Trinajstić information content (AvgIpc) is 2.13. The number of carbonyl (C=O) groups is 2. The van der Waals surface area contributed by atoms with Crippen molar-refractivity contribution in [2.75, 3.05) is 27.2 Å². The van der Waals surface area contributed by atoms with Crippen molar-refractivity contribution < 1.29 is 42.0 Å². The van der Waals surface area contributed by atoms with E-state index in [1.165, 1.54) is 27.7 Å². The molecule has 0 radical (unpaired) electrons. The van der Waals surface area contributed by atoms with Crippen molar-refractivity contribution in [2.45, 2.75) is 27.7 Å². The van der Waals surface area contributed by atoms with Gasteiger partial charge in [0.05, 0.1) is 6.61 Å². The molecule has 0 fully saturated rings. The molecule has 1 N–H and O–H groups in total. The van der Waals surface area contributed by atoms with Crippen LogP contribution in [0.3, 0.4) is 0 Å². The third-order valence-electron chi connectivity index (χ3n) is 1.36. The largest absolute Gasteiger partial charge is 3.00 e. The number of aliphatic hydroxyl groups is 1. The van der Waals surface area contributed by atoms with Crippen LogP contribution in [-0.4, -0.2) is 48.8 Å². The molecule has 0 amide bonds. The van der Waals surface area contributed by atoms with E-state index in [-0.39, 0.29) is 46.8 Å². The Morgan fingerprint density at radius 3 is 1.24 bits per heavy atom. The van der Waals surface area contributed by atoms with Crippen LogP contribution in [0.15, 0.2) is 23.7 Å². The first-order chi connectivity index (χ1) is 9.02. The number of likely N-dealkylation sites (N-methyl/N-ethyl adjacent to an activating group) is 1. The maximum Gasteiger partial charge on any atom is 3.00 e. The molecule has 6 nitrogen and oxygen atoms in total. The summed E-state index contributed by atoms with van der Waals surface area (Å²) in [6.07, 6.45) is 2.11. The molecular weight excluding hydrogens is 317 g/mol. The summed E-state index contributed by atoms with van der Waals surface area (Å²) in [5, 5.41) is 28.2. The van der Waals surface area contributed by atoms with Crippen LogP contribution in [0, 0.1) is 0 Å². The molecule has 122 valence electrons. The van der Waals surface area contributed by atoms with E-state index in [0.29, 0.717) is 0 Å². The molecular formula is C14H25MnNO5+. The molecule has 0 bridgehead atoms. The molecule has 0 aliphatic rings. The summed E-state index contributed by atoms with van der Waals surface area (Å²) in [7, 11) is 3.85. The van der Waals surface area contributed by atoms with Gasteiger partial charge in [-0.2, -0.15) is 0 Å². The van der Waals surface area contributed by atoms with Crippen molar-refractivity contribution in [1.29, 1.82) is 0 Å². The number of ketones is 2. The average molecular weight is 342 g/mol. The Labute approximate surface area is 137 Å². The van der Waals surface area contributed by atoms with Crippen LogP contribution in [0.1, 0.15) is 27.7 Å². The van der Waals surface area contributed by atoms with E-state index in [0.717, 1.165) is 18.7 Å². The fourth-order valence-corrected chi connectivity index (χ4v) is 0.772. The molecule has 0 rings (SSSR count). The second-order valence-corrected chi connectivity index (χ2v) is 4.26. The van der Waals surface area contributed by atoms with E-state index < -0.39 is 0 Å². The second kappa shape index (κ2) is 18.9. The van der Waals surface area contributed by atoms with Gasteiger partial charge in [0.25, 0.3) is 0 Å². The topological polar surface area (TPSA) is 104 Å². The van der Waals surface area contributed by atoms with Gasteiger partial charge in [0.2, 0.25) is 0 Å². The molecule has 0 aromatic rings. The molecule has 0 spiro atoms. The monoisotopic (exact) mass is 342 g/mol. The SMILES string of the molecule is CC(=O)/C=C(/C)[O-].CC(=O)/C=C(/C)[O-].CN(C)CCO.[Mn+3]. The van der Waals surface area contributed by atoms with Crippen LogP contribution < -0.4 is 10.2 Å². The Morgan fingerprint density at radius 2 is 1.24 bits per heavy atom. The van der Waals surface area contributed by atoms with Gasteiger partial charge in [0, 0.05) is 6.54 Å². The molecule has 0 unspecified atom stereocenters. The van der Waals surface area contributed by atoms with Gasteiger partial charge in [-0.25, -0.2) is 0 Å². The van der Waals surface area contributed by atoms with Gasteiger partial charge < -0.3 is 20.2 Å².